The van der Waals surface area contributed by atoms with E-state index in [0.29, 0.717) is 17.3 Å². The van der Waals surface area contributed by atoms with Crippen LogP contribution in [0, 0.1) is 18.2 Å². The van der Waals surface area contributed by atoms with E-state index in [0.717, 1.165) is 106 Å². The van der Waals surface area contributed by atoms with E-state index in [1.54, 1.807) is 12.4 Å². The Morgan fingerprint density at radius 3 is 1.12 bits per heavy atom. The maximum absolute atomic E-state index is 6.87. The summed E-state index contributed by atoms with van der Waals surface area (Å²) in [7, 11) is 0. The Morgan fingerprint density at radius 1 is 0.284 bits per heavy atom. The van der Waals surface area contributed by atoms with Gasteiger partial charge in [-0.3, -0.25) is 4.98 Å². The minimum absolute atomic E-state index is 0. The van der Waals surface area contributed by atoms with Crippen molar-refractivity contribution in [1.29, 1.82) is 0 Å². The largest absolute Gasteiger partial charge is 3.00 e. The van der Waals surface area contributed by atoms with Crippen LogP contribution in [-0.4, -0.2) is 24.9 Å². The molecule has 0 bridgehead atoms. The van der Waals surface area contributed by atoms with Crippen molar-refractivity contribution in [2.75, 3.05) is 0 Å². The first kappa shape index (κ1) is 47.1. The summed E-state index contributed by atoms with van der Waals surface area (Å²) in [6, 6.07) is 89.2. The fourth-order valence-electron chi connectivity index (χ4n) is 9.26. The van der Waals surface area contributed by atoms with E-state index in [4.69, 9.17) is 9.72 Å². The van der Waals surface area contributed by atoms with Gasteiger partial charge in [-0.1, -0.05) is 155 Å². The standard InChI is InChI=1S/C67H42N5O.Ir/c1-3-18-56(54(16-1)46-28-32-48(33-29-46)61-22-7-11-38-68-61)51-42-52(57-19-4-2-17-55(57)47-30-34-49(35-31-47)62-23-8-12-39-69-62)44-53(43-51)58-20-5-6-21-59(58)60-37-36-50(63-24-9-13-40-70-63)45-66(60)73-67-27-15-26-65(72-67)64-25-10-14-41-71-64;/h1-32,34,37-45H;/q-3;+3. The van der Waals surface area contributed by atoms with Crippen molar-refractivity contribution in [1.82, 2.24) is 24.9 Å². The van der Waals surface area contributed by atoms with Crippen LogP contribution in [0.15, 0.2) is 255 Å². The smallest absolute Gasteiger partial charge is 0.458 e. The van der Waals surface area contributed by atoms with Crippen molar-refractivity contribution < 1.29 is 24.8 Å². The molecule has 12 rings (SSSR count). The van der Waals surface area contributed by atoms with Crippen LogP contribution in [0.5, 0.6) is 11.6 Å². The molecule has 5 heterocycles. The number of hydrogen-bond acceptors (Lipinski definition) is 6. The molecule has 0 N–H and O–H groups in total. The number of aromatic nitrogens is 5. The summed E-state index contributed by atoms with van der Waals surface area (Å²) in [6.07, 6.45) is 7.18. The molecule has 5 aromatic heterocycles. The predicted molar refractivity (Wildman–Crippen MR) is 293 cm³/mol. The molecule has 0 aliphatic rings. The zero-order chi connectivity index (χ0) is 48.8. The molecule has 0 radical (unpaired) electrons. The first-order valence-corrected chi connectivity index (χ1v) is 24.0. The Bertz CT molecular complexity index is 3710. The molecule has 0 aliphatic carbocycles. The van der Waals surface area contributed by atoms with E-state index in [1.807, 2.05) is 116 Å². The molecule has 350 valence electrons. The van der Waals surface area contributed by atoms with Gasteiger partial charge in [-0.05, 0) is 111 Å². The Balaban J connectivity index is 0.00000588. The van der Waals surface area contributed by atoms with Crippen LogP contribution in [0.25, 0.3) is 112 Å². The van der Waals surface area contributed by atoms with Gasteiger partial charge in [0.2, 0.25) is 5.88 Å². The molecular weight excluding hydrogens is 1080 g/mol. The van der Waals surface area contributed by atoms with E-state index < -0.39 is 0 Å². The van der Waals surface area contributed by atoms with E-state index >= 15 is 0 Å². The number of ether oxygens (including phenoxy) is 1. The molecule has 12 aromatic rings. The van der Waals surface area contributed by atoms with Gasteiger partial charge in [-0.25, -0.2) is 4.98 Å². The van der Waals surface area contributed by atoms with Crippen molar-refractivity contribution in [3.63, 3.8) is 0 Å². The molecule has 7 heteroatoms. The molecule has 0 saturated carbocycles. The Morgan fingerprint density at radius 2 is 0.676 bits per heavy atom. The molecule has 6 nitrogen and oxygen atoms in total. The quantitative estimate of drug-likeness (QED) is 0.114. The van der Waals surface area contributed by atoms with E-state index in [-0.39, 0.29) is 20.1 Å². The van der Waals surface area contributed by atoms with Gasteiger partial charge in [0.15, 0.2) is 0 Å². The minimum atomic E-state index is 0. The van der Waals surface area contributed by atoms with Crippen LogP contribution in [0.3, 0.4) is 0 Å². The van der Waals surface area contributed by atoms with Crippen LogP contribution in [0.1, 0.15) is 0 Å². The number of hydrogen-bond donors (Lipinski definition) is 0. The number of pyridine rings is 5. The van der Waals surface area contributed by atoms with Gasteiger partial charge in [-0.15, -0.1) is 77.4 Å². The summed E-state index contributed by atoms with van der Waals surface area (Å²) in [5.74, 6) is 1.05. The van der Waals surface area contributed by atoms with Gasteiger partial charge in [0.25, 0.3) is 0 Å². The zero-order valence-corrected chi connectivity index (χ0v) is 42.1. The van der Waals surface area contributed by atoms with Gasteiger partial charge >= 0.3 is 20.1 Å². The van der Waals surface area contributed by atoms with Crippen molar-refractivity contribution in [2.24, 2.45) is 0 Å². The van der Waals surface area contributed by atoms with Crippen LogP contribution in [-0.2, 0) is 20.1 Å². The third-order valence-electron chi connectivity index (χ3n) is 12.8. The van der Waals surface area contributed by atoms with Crippen molar-refractivity contribution in [2.45, 2.75) is 0 Å². The van der Waals surface area contributed by atoms with Gasteiger partial charge in [0.1, 0.15) is 0 Å². The molecule has 7 aromatic carbocycles. The average molecular weight is 1130 g/mol. The number of benzene rings is 7. The third kappa shape index (κ3) is 9.99. The van der Waals surface area contributed by atoms with E-state index in [1.165, 1.54) is 0 Å². The van der Waals surface area contributed by atoms with Crippen LogP contribution >= 0.6 is 0 Å². The minimum Gasteiger partial charge on any atom is -0.458 e. The molecule has 0 fully saturated rings. The van der Waals surface area contributed by atoms with Crippen molar-refractivity contribution >= 4 is 0 Å². The molecular formula is C67H42IrN5O. The Kier molecular flexibility index (Phi) is 13.8. The SMILES string of the molecule is [Ir+3].[c-]1cc(-c2ccccc2-c2cc(-c3ccccc3-c3c[c-]c(-c4ccccn4)cc3)cc(-c3ccccc3-c3c[c-]c(-c4ccccn4)cc3Oc3cccc(-c4ccccn4)n3)c2)ccc1-c1ccccn1. The second kappa shape index (κ2) is 21.6. The topological polar surface area (TPSA) is 73.7 Å². The molecule has 74 heavy (non-hydrogen) atoms. The summed E-state index contributed by atoms with van der Waals surface area (Å²) in [5, 5.41) is 0. The second-order valence-electron chi connectivity index (χ2n) is 17.4. The molecule has 0 spiro atoms. The Labute approximate surface area is 444 Å². The molecule has 0 amide bonds. The number of rotatable bonds is 12. The van der Waals surface area contributed by atoms with Gasteiger partial charge in [0, 0.05) is 30.9 Å². The summed E-state index contributed by atoms with van der Waals surface area (Å²) in [5.41, 5.74) is 19.1. The van der Waals surface area contributed by atoms with Crippen LogP contribution in [0.4, 0.5) is 0 Å². The number of nitrogens with zero attached hydrogens (tertiary/aromatic N) is 5. The summed E-state index contributed by atoms with van der Waals surface area (Å²) < 4.78 is 6.87. The Hall–Kier alpha value is -9.26. The maximum atomic E-state index is 6.87. The molecule has 0 unspecified atom stereocenters. The fourth-order valence-corrected chi connectivity index (χ4v) is 9.26. The second-order valence-corrected chi connectivity index (χ2v) is 17.4. The summed E-state index contributed by atoms with van der Waals surface area (Å²) in [6.45, 7) is 0. The normalized spacial score (nSPS) is 10.9. The third-order valence-corrected chi connectivity index (χ3v) is 12.8. The fraction of sp³-hybridized carbons (Fsp3) is 0. The van der Waals surface area contributed by atoms with Crippen molar-refractivity contribution in [3.8, 4) is 124 Å². The van der Waals surface area contributed by atoms with Crippen LogP contribution in [0.2, 0.25) is 0 Å². The molecule has 0 saturated heterocycles. The zero-order valence-electron chi connectivity index (χ0n) is 39.7. The van der Waals surface area contributed by atoms with Crippen molar-refractivity contribution in [3.05, 3.63) is 274 Å². The maximum Gasteiger partial charge on any atom is 3.00 e. The predicted octanol–water partition coefficient (Wildman–Crippen LogP) is 16.5. The van der Waals surface area contributed by atoms with Gasteiger partial charge in [0.05, 0.1) is 17.1 Å². The molecule has 0 atom stereocenters. The van der Waals surface area contributed by atoms with E-state index in [2.05, 4.69) is 166 Å². The van der Waals surface area contributed by atoms with E-state index in [9.17, 15) is 0 Å². The first-order valence-electron chi connectivity index (χ1n) is 24.0. The van der Waals surface area contributed by atoms with Gasteiger partial charge < -0.3 is 19.7 Å². The summed E-state index contributed by atoms with van der Waals surface area (Å²) >= 11 is 0. The summed E-state index contributed by atoms with van der Waals surface area (Å²) in [4.78, 5) is 23.3. The monoisotopic (exact) mass is 1130 g/mol. The first-order chi connectivity index (χ1) is 36.2. The van der Waals surface area contributed by atoms with Crippen LogP contribution < -0.4 is 4.74 Å². The van der Waals surface area contributed by atoms with Gasteiger partial charge in [-0.2, -0.15) is 0 Å². The average Bonchev–Trinajstić information content (AvgIpc) is 3.48. The molecule has 0 aliphatic heterocycles.